The van der Waals surface area contributed by atoms with Gasteiger partial charge < -0.3 is 31.7 Å². The monoisotopic (exact) mass is 615 g/mol. The largest absolute Gasteiger partial charge is 0.387 e. The minimum Gasteiger partial charge on any atom is -0.387 e. The Balaban J connectivity index is 0.988. The number of aromatic amines is 1. The van der Waals surface area contributed by atoms with E-state index in [-0.39, 0.29) is 29.0 Å². The molecule has 0 radical (unpaired) electrons. The Morgan fingerprint density at radius 3 is 2.72 bits per heavy atom. The van der Waals surface area contributed by atoms with E-state index in [0.29, 0.717) is 49.0 Å². The normalized spacial score (nSPS) is 25.7. The molecule has 3 aliphatic heterocycles. The standard InChI is InChI=1S/C24H33N13O5S/c1-24(2)16(30-13-18(33-24)31-23(26)32-20(13)40)21(41)34-36-5-3-35(4-6-36)10-43-7-11-14(38)15(39)22(42-11)37-9-29-12-17(25)27-8-28-19(12)37/h8-9,11,14-15,22,38-39H,3-7,10H2,1-2H3,(H,34,41)(H2,25,27,28)(H4,26,31,32,33,40)/t11-,14?,15?,22-/m1/s1. The third-order valence-corrected chi connectivity index (χ3v) is 8.67. The fraction of sp³-hybridized carbons (Fsp3) is 0.542. The zero-order chi connectivity index (χ0) is 30.5. The molecule has 4 atom stereocenters. The number of hydrogen-bond donors (Lipinski definition) is 7. The number of amides is 1. The molecule has 3 aromatic heterocycles. The lowest BCUT2D eigenvalue weighted by Crippen LogP contribution is -2.58. The van der Waals surface area contributed by atoms with Crippen molar-refractivity contribution < 1.29 is 19.7 Å². The number of imidazole rings is 1. The van der Waals surface area contributed by atoms with Crippen molar-refractivity contribution in [1.29, 1.82) is 0 Å². The second-order valence-corrected chi connectivity index (χ2v) is 12.0. The zero-order valence-electron chi connectivity index (χ0n) is 23.5. The van der Waals surface area contributed by atoms with Gasteiger partial charge in [-0.1, -0.05) is 0 Å². The number of ether oxygens (including phenoxy) is 1. The first-order valence-corrected chi connectivity index (χ1v) is 14.7. The molecule has 0 aliphatic carbocycles. The van der Waals surface area contributed by atoms with Crippen molar-refractivity contribution in [2.24, 2.45) is 4.99 Å². The fourth-order valence-electron chi connectivity index (χ4n) is 5.25. The Hall–Kier alpha value is -3.88. The molecule has 0 spiro atoms. The number of H-pyrrole nitrogens is 1. The number of fused-ring (bicyclic) bond motifs is 2. The highest BCUT2D eigenvalue weighted by Gasteiger charge is 2.44. The third kappa shape index (κ3) is 5.61. The number of aliphatic hydroxyl groups excluding tert-OH is 2. The fourth-order valence-corrected chi connectivity index (χ4v) is 6.38. The van der Waals surface area contributed by atoms with Crippen molar-refractivity contribution in [3.05, 3.63) is 23.0 Å². The Morgan fingerprint density at radius 1 is 1.19 bits per heavy atom. The number of aliphatic hydroxyl groups is 2. The van der Waals surface area contributed by atoms with E-state index in [1.165, 1.54) is 12.7 Å². The number of aliphatic imine (C=N–C) groups is 1. The molecule has 0 bridgehead atoms. The van der Waals surface area contributed by atoms with Crippen molar-refractivity contribution in [3.63, 3.8) is 0 Å². The lowest BCUT2D eigenvalue weighted by Gasteiger charge is -2.36. The van der Waals surface area contributed by atoms with Crippen molar-refractivity contribution in [1.82, 2.24) is 44.8 Å². The number of nitrogens with two attached hydrogens (primary N) is 2. The number of thioether (sulfide) groups is 1. The van der Waals surface area contributed by atoms with Gasteiger partial charge >= 0.3 is 0 Å². The smallest absolute Gasteiger partial charge is 0.282 e. The van der Waals surface area contributed by atoms with Crippen molar-refractivity contribution in [3.8, 4) is 0 Å². The molecule has 6 heterocycles. The van der Waals surface area contributed by atoms with Gasteiger partial charge in [-0.2, -0.15) is 4.98 Å². The predicted molar refractivity (Wildman–Crippen MR) is 158 cm³/mol. The summed E-state index contributed by atoms with van der Waals surface area (Å²) in [6.45, 7) is 6.08. The lowest BCUT2D eigenvalue weighted by molar-refractivity contribution is -0.120. The Kier molecular flexibility index (Phi) is 7.69. The second-order valence-electron chi connectivity index (χ2n) is 11.0. The van der Waals surface area contributed by atoms with Crippen LogP contribution in [0.5, 0.6) is 0 Å². The van der Waals surface area contributed by atoms with E-state index in [1.54, 1.807) is 30.2 Å². The van der Waals surface area contributed by atoms with Crippen molar-refractivity contribution in [2.45, 2.75) is 43.9 Å². The van der Waals surface area contributed by atoms with E-state index in [4.69, 9.17) is 16.2 Å². The molecule has 19 heteroatoms. The van der Waals surface area contributed by atoms with Gasteiger partial charge in [-0.15, -0.1) is 11.8 Å². The van der Waals surface area contributed by atoms with Gasteiger partial charge in [0.2, 0.25) is 5.95 Å². The van der Waals surface area contributed by atoms with Gasteiger partial charge in [0, 0.05) is 37.8 Å². The summed E-state index contributed by atoms with van der Waals surface area (Å²) in [5, 5.41) is 26.2. The number of hydrazine groups is 1. The van der Waals surface area contributed by atoms with Gasteiger partial charge in [-0.05, 0) is 13.8 Å². The first-order valence-electron chi connectivity index (χ1n) is 13.6. The van der Waals surface area contributed by atoms with Crippen LogP contribution in [0.4, 0.5) is 23.3 Å². The SMILES string of the molecule is CC1(C)Nc2nc(N)[nH]c(=O)c2N=C1C(=O)NN1CCN(CSC[C@H]2O[C@@H](n3cnc4c(N)ncnc43)C(O)C2O)CC1. The summed E-state index contributed by atoms with van der Waals surface area (Å²) in [4.78, 5) is 50.8. The van der Waals surface area contributed by atoms with Crippen LogP contribution in [0, 0.1) is 0 Å². The molecule has 2 unspecified atom stereocenters. The van der Waals surface area contributed by atoms with E-state index in [1.807, 2.05) is 5.01 Å². The molecule has 2 saturated heterocycles. The number of anilines is 3. The summed E-state index contributed by atoms with van der Waals surface area (Å²) >= 11 is 1.58. The maximum atomic E-state index is 13.2. The van der Waals surface area contributed by atoms with Crippen LogP contribution in [-0.2, 0) is 9.53 Å². The van der Waals surface area contributed by atoms with Crippen molar-refractivity contribution in [2.75, 3.05) is 54.6 Å². The van der Waals surface area contributed by atoms with Gasteiger partial charge in [0.1, 0.15) is 29.8 Å². The van der Waals surface area contributed by atoms with Crippen LogP contribution >= 0.6 is 11.8 Å². The van der Waals surface area contributed by atoms with E-state index in [2.05, 4.69) is 45.6 Å². The number of piperazine rings is 1. The maximum Gasteiger partial charge on any atom is 0.282 e. The van der Waals surface area contributed by atoms with Crippen LogP contribution in [0.3, 0.4) is 0 Å². The third-order valence-electron chi connectivity index (χ3n) is 7.56. The molecule has 0 saturated carbocycles. The lowest BCUT2D eigenvalue weighted by atomic mass is 9.95. The summed E-state index contributed by atoms with van der Waals surface area (Å²) in [5.41, 5.74) is 14.0. The Morgan fingerprint density at radius 2 is 1.95 bits per heavy atom. The predicted octanol–water partition coefficient (Wildman–Crippen LogP) is -1.99. The highest BCUT2D eigenvalue weighted by atomic mass is 32.2. The Bertz CT molecular complexity index is 1620. The average Bonchev–Trinajstić information content (AvgIpc) is 3.50. The molecule has 3 aromatic rings. The number of carbonyl (C=O) groups excluding carboxylic acids is 1. The van der Waals surface area contributed by atoms with Gasteiger partial charge in [0.25, 0.3) is 11.5 Å². The number of hydrogen-bond acceptors (Lipinski definition) is 16. The molecule has 18 nitrogen and oxygen atoms in total. The van der Waals surface area contributed by atoms with Crippen LogP contribution in [-0.4, -0.2) is 123 Å². The highest BCUT2D eigenvalue weighted by Crippen LogP contribution is 2.33. The van der Waals surface area contributed by atoms with Gasteiger partial charge in [-0.3, -0.25) is 29.5 Å². The molecule has 3 aliphatic rings. The van der Waals surface area contributed by atoms with Crippen LogP contribution in [0.15, 0.2) is 22.4 Å². The topological polar surface area (TPSA) is 251 Å². The average molecular weight is 616 g/mol. The number of nitrogens with one attached hydrogen (secondary N) is 3. The van der Waals surface area contributed by atoms with Crippen LogP contribution in [0.1, 0.15) is 20.1 Å². The molecule has 230 valence electrons. The molecular formula is C24H33N13O5S. The van der Waals surface area contributed by atoms with Crippen LogP contribution in [0.2, 0.25) is 0 Å². The summed E-state index contributed by atoms with van der Waals surface area (Å²) < 4.78 is 7.57. The van der Waals surface area contributed by atoms with Gasteiger partial charge in [0.15, 0.2) is 29.2 Å². The molecule has 0 aromatic carbocycles. The molecule has 43 heavy (non-hydrogen) atoms. The molecule has 1 amide bonds. The quantitative estimate of drug-likeness (QED) is 0.152. The van der Waals surface area contributed by atoms with Crippen LogP contribution in [0.25, 0.3) is 11.2 Å². The summed E-state index contributed by atoms with van der Waals surface area (Å²) in [5.74, 6) is 1.12. The number of nitrogens with zero attached hydrogens (tertiary/aromatic N) is 8. The molecule has 2 fully saturated rings. The molecular weight excluding hydrogens is 582 g/mol. The first kappa shape index (κ1) is 29.2. The minimum absolute atomic E-state index is 0.00719. The van der Waals surface area contributed by atoms with Crippen LogP contribution < -0.4 is 27.8 Å². The zero-order valence-corrected chi connectivity index (χ0v) is 24.3. The van der Waals surface area contributed by atoms with E-state index >= 15 is 0 Å². The number of rotatable bonds is 7. The maximum absolute atomic E-state index is 13.2. The molecule has 9 N–H and O–H groups in total. The summed E-state index contributed by atoms with van der Waals surface area (Å²) in [6.07, 6.45) is -0.930. The Labute approximate surface area is 248 Å². The van der Waals surface area contributed by atoms with Crippen molar-refractivity contribution >= 4 is 57.8 Å². The first-order chi connectivity index (χ1) is 20.5. The molecule has 6 rings (SSSR count). The number of nitrogen functional groups attached to an aromatic ring is 2. The van der Waals surface area contributed by atoms with Gasteiger partial charge in [-0.25, -0.2) is 25.0 Å². The van der Waals surface area contributed by atoms with E-state index in [9.17, 15) is 19.8 Å². The van der Waals surface area contributed by atoms with E-state index in [0.717, 1.165) is 0 Å². The number of aromatic nitrogens is 6. The second kappa shape index (κ2) is 11.3. The van der Waals surface area contributed by atoms with Gasteiger partial charge in [0.05, 0.1) is 18.0 Å². The number of carbonyl (C=O) groups is 1. The summed E-state index contributed by atoms with van der Waals surface area (Å²) in [6, 6.07) is 0. The van der Waals surface area contributed by atoms with E-state index < -0.39 is 41.5 Å². The highest BCUT2D eigenvalue weighted by molar-refractivity contribution is 7.99. The summed E-state index contributed by atoms with van der Waals surface area (Å²) in [7, 11) is 0. The minimum atomic E-state index is -1.17.